The van der Waals surface area contributed by atoms with Crippen molar-refractivity contribution in [1.29, 1.82) is 0 Å². The molecule has 0 aromatic heterocycles. The Bertz CT molecular complexity index is 730. The highest BCUT2D eigenvalue weighted by Crippen LogP contribution is 2.32. The number of para-hydroxylation sites is 2. The number of hydrogen-bond donors (Lipinski definition) is 1. The van der Waals surface area contributed by atoms with Gasteiger partial charge in [0.1, 0.15) is 11.5 Å². The summed E-state index contributed by atoms with van der Waals surface area (Å²) in [5, 5.41) is 2.95. The molecule has 138 valence electrons. The average molecular weight is 354 g/mol. The Kier molecular flexibility index (Phi) is 6.12. The maximum absolute atomic E-state index is 12.4. The Morgan fingerprint density at radius 2 is 1.88 bits per heavy atom. The van der Waals surface area contributed by atoms with Gasteiger partial charge < -0.3 is 14.8 Å². The fraction of sp³-hybridized carbons (Fsp3) is 0.381. The van der Waals surface area contributed by atoms with Gasteiger partial charge >= 0.3 is 0 Å². The molecule has 3 rings (SSSR count). The standard InChI is InChI=1S/C21H26N2O3/c1-25-17-11-9-16(10-12-17)19-7-5-14-23(19)15-13-21(24)22-18-6-3-4-8-20(18)26-2/h3-4,6,8-12,19H,5,7,13-15H2,1-2H3,(H,22,24)/t19-/m0/s1. The van der Waals surface area contributed by atoms with E-state index in [9.17, 15) is 4.79 Å². The number of likely N-dealkylation sites (tertiary alicyclic amines) is 1. The van der Waals surface area contributed by atoms with Gasteiger partial charge in [-0.2, -0.15) is 0 Å². The Balaban J connectivity index is 1.56. The van der Waals surface area contributed by atoms with Gasteiger partial charge in [-0.15, -0.1) is 0 Å². The SMILES string of the molecule is COc1ccc([C@@H]2CCCN2CCC(=O)Nc2ccccc2OC)cc1. The van der Waals surface area contributed by atoms with E-state index in [4.69, 9.17) is 9.47 Å². The molecule has 0 bridgehead atoms. The third-order valence-electron chi connectivity index (χ3n) is 4.87. The number of amides is 1. The number of carbonyl (C=O) groups is 1. The van der Waals surface area contributed by atoms with Crippen LogP contribution in [0.1, 0.15) is 30.9 Å². The quantitative estimate of drug-likeness (QED) is 0.820. The van der Waals surface area contributed by atoms with Crippen molar-refractivity contribution in [3.8, 4) is 11.5 Å². The zero-order chi connectivity index (χ0) is 18.4. The second-order valence-corrected chi connectivity index (χ2v) is 6.47. The summed E-state index contributed by atoms with van der Waals surface area (Å²) in [7, 11) is 3.28. The molecule has 0 spiro atoms. The van der Waals surface area contributed by atoms with Crippen molar-refractivity contribution in [3.05, 3.63) is 54.1 Å². The average Bonchev–Trinajstić information content (AvgIpc) is 3.15. The van der Waals surface area contributed by atoms with E-state index in [1.807, 2.05) is 36.4 Å². The van der Waals surface area contributed by atoms with E-state index in [-0.39, 0.29) is 5.91 Å². The Hall–Kier alpha value is -2.53. The zero-order valence-electron chi connectivity index (χ0n) is 15.4. The number of hydrogen-bond acceptors (Lipinski definition) is 4. The largest absolute Gasteiger partial charge is 0.497 e. The zero-order valence-corrected chi connectivity index (χ0v) is 15.4. The lowest BCUT2D eigenvalue weighted by Gasteiger charge is -2.24. The highest BCUT2D eigenvalue weighted by molar-refractivity contribution is 5.92. The van der Waals surface area contributed by atoms with Crippen molar-refractivity contribution in [2.24, 2.45) is 0 Å². The van der Waals surface area contributed by atoms with Crippen LogP contribution in [0.2, 0.25) is 0 Å². The maximum Gasteiger partial charge on any atom is 0.225 e. The van der Waals surface area contributed by atoms with Crippen molar-refractivity contribution < 1.29 is 14.3 Å². The first-order valence-corrected chi connectivity index (χ1v) is 9.02. The number of nitrogens with one attached hydrogen (secondary N) is 1. The summed E-state index contributed by atoms with van der Waals surface area (Å²) in [6.45, 7) is 1.77. The molecule has 1 aliphatic heterocycles. The van der Waals surface area contributed by atoms with Gasteiger partial charge in [0.25, 0.3) is 0 Å². The van der Waals surface area contributed by atoms with Gasteiger partial charge in [-0.3, -0.25) is 9.69 Å². The van der Waals surface area contributed by atoms with Crippen molar-refractivity contribution in [2.45, 2.75) is 25.3 Å². The Morgan fingerprint density at radius 1 is 1.12 bits per heavy atom. The molecule has 1 heterocycles. The molecular weight excluding hydrogens is 328 g/mol. The summed E-state index contributed by atoms with van der Waals surface area (Å²) in [5.74, 6) is 1.56. The third kappa shape index (κ3) is 4.35. The fourth-order valence-electron chi connectivity index (χ4n) is 3.50. The van der Waals surface area contributed by atoms with Gasteiger partial charge in [0, 0.05) is 19.0 Å². The summed E-state index contributed by atoms with van der Waals surface area (Å²) in [6, 6.07) is 16.1. The highest BCUT2D eigenvalue weighted by Gasteiger charge is 2.26. The molecule has 1 fully saturated rings. The van der Waals surface area contributed by atoms with Gasteiger partial charge in [0.15, 0.2) is 0 Å². The molecule has 0 radical (unpaired) electrons. The summed E-state index contributed by atoms with van der Waals surface area (Å²) >= 11 is 0. The molecule has 26 heavy (non-hydrogen) atoms. The van der Waals surface area contributed by atoms with Crippen LogP contribution in [-0.4, -0.2) is 38.1 Å². The number of rotatable bonds is 7. The first kappa shape index (κ1) is 18.3. The van der Waals surface area contributed by atoms with Crippen LogP contribution in [0, 0.1) is 0 Å². The number of nitrogens with zero attached hydrogens (tertiary/aromatic N) is 1. The molecule has 2 aromatic rings. The van der Waals surface area contributed by atoms with E-state index in [2.05, 4.69) is 22.3 Å². The molecule has 1 atom stereocenters. The molecule has 0 saturated carbocycles. The summed E-state index contributed by atoms with van der Waals surface area (Å²) in [4.78, 5) is 14.7. The van der Waals surface area contributed by atoms with Crippen LogP contribution < -0.4 is 14.8 Å². The number of anilines is 1. The number of benzene rings is 2. The summed E-state index contributed by atoms with van der Waals surface area (Å²) in [6.07, 6.45) is 2.75. The van der Waals surface area contributed by atoms with Gasteiger partial charge in [-0.05, 0) is 49.2 Å². The van der Waals surface area contributed by atoms with Crippen molar-refractivity contribution >= 4 is 11.6 Å². The Labute approximate surface area is 154 Å². The fourth-order valence-corrected chi connectivity index (χ4v) is 3.50. The maximum atomic E-state index is 12.4. The molecular formula is C21H26N2O3. The third-order valence-corrected chi connectivity index (χ3v) is 4.87. The molecule has 0 aliphatic carbocycles. The van der Waals surface area contributed by atoms with Crippen LogP contribution in [0.3, 0.4) is 0 Å². The monoisotopic (exact) mass is 354 g/mol. The lowest BCUT2D eigenvalue weighted by atomic mass is 10.0. The number of methoxy groups -OCH3 is 2. The molecule has 2 aromatic carbocycles. The van der Waals surface area contributed by atoms with E-state index in [0.29, 0.717) is 23.9 Å². The minimum Gasteiger partial charge on any atom is -0.497 e. The topological polar surface area (TPSA) is 50.8 Å². The molecule has 1 N–H and O–H groups in total. The number of ether oxygens (including phenoxy) is 2. The smallest absolute Gasteiger partial charge is 0.225 e. The second kappa shape index (κ2) is 8.72. The van der Waals surface area contributed by atoms with Crippen LogP contribution in [0.25, 0.3) is 0 Å². The molecule has 1 aliphatic rings. The van der Waals surface area contributed by atoms with Gasteiger partial charge in [0.2, 0.25) is 5.91 Å². The number of carbonyl (C=O) groups excluding carboxylic acids is 1. The van der Waals surface area contributed by atoms with E-state index in [1.165, 1.54) is 5.56 Å². The lowest BCUT2D eigenvalue weighted by molar-refractivity contribution is -0.116. The molecule has 0 unspecified atom stereocenters. The van der Waals surface area contributed by atoms with Crippen LogP contribution in [0.15, 0.2) is 48.5 Å². The van der Waals surface area contributed by atoms with Crippen LogP contribution in [-0.2, 0) is 4.79 Å². The minimum atomic E-state index is 0.00915. The molecule has 5 nitrogen and oxygen atoms in total. The molecule has 1 amide bonds. The minimum absolute atomic E-state index is 0.00915. The normalized spacial score (nSPS) is 17.1. The van der Waals surface area contributed by atoms with Crippen LogP contribution >= 0.6 is 0 Å². The first-order chi connectivity index (χ1) is 12.7. The van der Waals surface area contributed by atoms with Gasteiger partial charge in [0.05, 0.1) is 19.9 Å². The van der Waals surface area contributed by atoms with Gasteiger partial charge in [-0.1, -0.05) is 24.3 Å². The van der Waals surface area contributed by atoms with E-state index in [0.717, 1.165) is 31.7 Å². The van der Waals surface area contributed by atoms with Crippen molar-refractivity contribution in [2.75, 3.05) is 32.6 Å². The van der Waals surface area contributed by atoms with E-state index in [1.54, 1.807) is 14.2 Å². The van der Waals surface area contributed by atoms with E-state index < -0.39 is 0 Å². The second-order valence-electron chi connectivity index (χ2n) is 6.47. The predicted molar refractivity (Wildman–Crippen MR) is 103 cm³/mol. The lowest BCUT2D eigenvalue weighted by Crippen LogP contribution is -2.27. The Morgan fingerprint density at radius 3 is 2.62 bits per heavy atom. The van der Waals surface area contributed by atoms with Crippen LogP contribution in [0.5, 0.6) is 11.5 Å². The summed E-state index contributed by atoms with van der Waals surface area (Å²) in [5.41, 5.74) is 2.00. The van der Waals surface area contributed by atoms with Crippen molar-refractivity contribution in [3.63, 3.8) is 0 Å². The molecule has 1 saturated heterocycles. The van der Waals surface area contributed by atoms with E-state index >= 15 is 0 Å². The molecule has 5 heteroatoms. The first-order valence-electron chi connectivity index (χ1n) is 9.02. The highest BCUT2D eigenvalue weighted by atomic mass is 16.5. The van der Waals surface area contributed by atoms with Crippen molar-refractivity contribution in [1.82, 2.24) is 4.90 Å². The van der Waals surface area contributed by atoms with Gasteiger partial charge in [-0.25, -0.2) is 0 Å². The van der Waals surface area contributed by atoms with Crippen LogP contribution in [0.4, 0.5) is 5.69 Å². The summed E-state index contributed by atoms with van der Waals surface area (Å²) < 4.78 is 10.5. The predicted octanol–water partition coefficient (Wildman–Crippen LogP) is 3.87.